The zero-order chi connectivity index (χ0) is 16.8. The number of aliphatic hydroxyl groups excluding tert-OH is 1. The predicted molar refractivity (Wildman–Crippen MR) is 96.4 cm³/mol. The summed E-state index contributed by atoms with van der Waals surface area (Å²) in [6.07, 6.45) is 0.549. The normalized spacial score (nSPS) is 11.4. The summed E-state index contributed by atoms with van der Waals surface area (Å²) >= 11 is 0. The number of hydrogen-bond acceptors (Lipinski definition) is 2. The molecule has 0 saturated heterocycles. The maximum absolute atomic E-state index is 11.5. The van der Waals surface area contributed by atoms with E-state index in [1.165, 1.54) is 0 Å². The van der Waals surface area contributed by atoms with Crippen LogP contribution >= 0.6 is 0 Å². The number of aliphatic hydroxyl groups is 1. The van der Waals surface area contributed by atoms with Crippen LogP contribution in [0.1, 0.15) is 23.1 Å². The molecule has 120 valence electrons. The van der Waals surface area contributed by atoms with Crippen LogP contribution in [-0.4, -0.2) is 11.7 Å². The van der Waals surface area contributed by atoms with Gasteiger partial charge < -0.3 is 10.2 Å². The van der Waals surface area contributed by atoms with Gasteiger partial charge in [-0.25, -0.2) is 0 Å². The van der Waals surface area contributed by atoms with Crippen molar-refractivity contribution in [3.8, 4) is 5.75 Å². The van der Waals surface area contributed by atoms with Crippen molar-refractivity contribution in [2.75, 3.05) is 6.61 Å². The molecule has 0 spiro atoms. The molecule has 3 aromatic rings. The average Bonchev–Trinajstić information content (AvgIpc) is 2.64. The third-order valence-corrected chi connectivity index (χ3v) is 3.99. The van der Waals surface area contributed by atoms with E-state index in [-0.39, 0.29) is 41.9 Å². The van der Waals surface area contributed by atoms with E-state index in [0.717, 1.165) is 27.8 Å². The Hall–Kier alpha value is -1.84. The van der Waals surface area contributed by atoms with E-state index >= 15 is 0 Å². The summed E-state index contributed by atoms with van der Waals surface area (Å²) in [5.41, 5.74) is 5.26. The van der Waals surface area contributed by atoms with Crippen molar-refractivity contribution in [1.29, 1.82) is 0 Å². The van der Waals surface area contributed by atoms with Crippen LogP contribution in [0.4, 0.5) is 0 Å². The molecule has 3 heteroatoms. The van der Waals surface area contributed by atoms with Gasteiger partial charge in [0, 0.05) is 6.61 Å². The van der Waals surface area contributed by atoms with Gasteiger partial charge in [-0.15, -0.1) is 5.75 Å². The van der Waals surface area contributed by atoms with Gasteiger partial charge in [0.05, 0.1) is 0 Å². The van der Waals surface area contributed by atoms with Gasteiger partial charge in [0.2, 0.25) is 0 Å². The van der Waals surface area contributed by atoms with Gasteiger partial charge in [-0.3, -0.25) is 0 Å². The van der Waals surface area contributed by atoms with Crippen molar-refractivity contribution >= 4 is 11.1 Å². The Labute approximate surface area is 170 Å². The standard InChI is InChI=1S/C22H20O2.Na/c23-16-15-21(17-7-3-1-4-8-17)22(18-9-5-2-6-10-18)19-11-13-20(24)14-12-19;/h1-14,23-24H,15-16H2;/q;+1/p-1/b22-21+;. The quantitative estimate of drug-likeness (QED) is 0.559. The van der Waals surface area contributed by atoms with Crippen LogP contribution in [0, 0.1) is 0 Å². The zero-order valence-corrected chi connectivity index (χ0v) is 16.4. The fourth-order valence-electron chi connectivity index (χ4n) is 2.91. The molecule has 0 aliphatic rings. The second-order valence-electron chi connectivity index (χ2n) is 5.58. The molecule has 0 unspecified atom stereocenters. The summed E-state index contributed by atoms with van der Waals surface area (Å²) in [7, 11) is 0. The van der Waals surface area contributed by atoms with E-state index in [0.29, 0.717) is 6.42 Å². The van der Waals surface area contributed by atoms with Crippen LogP contribution < -0.4 is 34.7 Å². The molecule has 0 atom stereocenters. The van der Waals surface area contributed by atoms with Crippen molar-refractivity contribution in [2.45, 2.75) is 6.42 Å². The first-order valence-corrected chi connectivity index (χ1v) is 8.02. The minimum absolute atomic E-state index is 0. The third-order valence-electron chi connectivity index (χ3n) is 3.99. The molecule has 0 fully saturated rings. The summed E-state index contributed by atoms with van der Waals surface area (Å²) in [4.78, 5) is 0. The Kier molecular flexibility index (Phi) is 7.48. The van der Waals surface area contributed by atoms with Crippen LogP contribution in [0.15, 0.2) is 84.9 Å². The van der Waals surface area contributed by atoms with Gasteiger partial charge in [0.1, 0.15) is 0 Å². The summed E-state index contributed by atoms with van der Waals surface area (Å²) in [6.45, 7) is 0.0696. The first kappa shape index (κ1) is 19.5. The first-order valence-electron chi connectivity index (χ1n) is 8.02. The summed E-state index contributed by atoms with van der Waals surface area (Å²) in [5, 5.41) is 21.1. The van der Waals surface area contributed by atoms with E-state index in [1.54, 1.807) is 12.1 Å². The Morgan fingerprint density at radius 2 is 1.16 bits per heavy atom. The van der Waals surface area contributed by atoms with Gasteiger partial charge in [-0.1, -0.05) is 84.9 Å². The van der Waals surface area contributed by atoms with Crippen LogP contribution in [0.3, 0.4) is 0 Å². The molecule has 2 nitrogen and oxygen atoms in total. The van der Waals surface area contributed by atoms with Crippen molar-refractivity contribution < 1.29 is 39.8 Å². The van der Waals surface area contributed by atoms with E-state index < -0.39 is 0 Å². The fraction of sp³-hybridized carbons (Fsp3) is 0.0909. The predicted octanol–water partition coefficient (Wildman–Crippen LogP) is 1.11. The Balaban J connectivity index is 0.00000225. The molecule has 0 aliphatic heterocycles. The molecular formula is C22H19NaO2. The van der Waals surface area contributed by atoms with Gasteiger partial charge >= 0.3 is 29.6 Å². The number of hydrogen-bond donors (Lipinski definition) is 1. The largest absolute Gasteiger partial charge is 1.00 e. The monoisotopic (exact) mass is 338 g/mol. The Morgan fingerprint density at radius 1 is 0.680 bits per heavy atom. The molecule has 0 aliphatic carbocycles. The summed E-state index contributed by atoms with van der Waals surface area (Å²) in [6, 6.07) is 27.0. The zero-order valence-electron chi connectivity index (χ0n) is 14.4. The van der Waals surface area contributed by atoms with Gasteiger partial charge in [-0.2, -0.15) is 0 Å². The van der Waals surface area contributed by atoms with Gasteiger partial charge in [0.15, 0.2) is 0 Å². The molecule has 1 N–H and O–H groups in total. The Bertz CT molecular complexity index is 810. The van der Waals surface area contributed by atoms with Crippen LogP contribution in [-0.2, 0) is 0 Å². The van der Waals surface area contributed by atoms with Crippen LogP contribution in [0.5, 0.6) is 5.75 Å². The maximum atomic E-state index is 11.5. The average molecular weight is 338 g/mol. The Morgan fingerprint density at radius 3 is 1.68 bits per heavy atom. The van der Waals surface area contributed by atoms with Crippen LogP contribution in [0.2, 0.25) is 0 Å². The molecule has 0 saturated carbocycles. The minimum atomic E-state index is -0.00502. The second-order valence-corrected chi connectivity index (χ2v) is 5.58. The molecule has 0 bridgehead atoms. The van der Waals surface area contributed by atoms with Gasteiger partial charge in [0.25, 0.3) is 0 Å². The third kappa shape index (κ3) is 4.83. The van der Waals surface area contributed by atoms with Crippen molar-refractivity contribution in [1.82, 2.24) is 0 Å². The summed E-state index contributed by atoms with van der Waals surface area (Å²) < 4.78 is 0. The molecule has 0 heterocycles. The molecule has 3 aromatic carbocycles. The van der Waals surface area contributed by atoms with E-state index in [1.807, 2.05) is 48.5 Å². The molecular weight excluding hydrogens is 319 g/mol. The van der Waals surface area contributed by atoms with Crippen molar-refractivity contribution in [3.05, 3.63) is 102 Å². The number of benzene rings is 3. The summed E-state index contributed by atoms with van der Waals surface area (Å²) in [5.74, 6) is -0.00502. The molecule has 25 heavy (non-hydrogen) atoms. The van der Waals surface area contributed by atoms with E-state index in [2.05, 4.69) is 24.3 Å². The molecule has 0 radical (unpaired) electrons. The second kappa shape index (κ2) is 9.59. The number of rotatable bonds is 5. The molecule has 3 rings (SSSR count). The maximum Gasteiger partial charge on any atom is 1.00 e. The topological polar surface area (TPSA) is 43.3 Å². The smallest absolute Gasteiger partial charge is 0.872 e. The molecule has 0 aromatic heterocycles. The van der Waals surface area contributed by atoms with E-state index in [9.17, 15) is 10.2 Å². The van der Waals surface area contributed by atoms with E-state index in [4.69, 9.17) is 0 Å². The van der Waals surface area contributed by atoms with Gasteiger partial charge in [-0.05, 0) is 34.3 Å². The van der Waals surface area contributed by atoms with Crippen molar-refractivity contribution in [2.24, 2.45) is 0 Å². The van der Waals surface area contributed by atoms with Crippen LogP contribution in [0.25, 0.3) is 11.1 Å². The molecule has 0 amide bonds. The SMILES string of the molecule is [Na+].[O-]c1ccc(/C(=C(\CCO)c2ccccc2)c2ccccc2)cc1. The first-order chi connectivity index (χ1) is 11.8. The minimum Gasteiger partial charge on any atom is -0.872 e. The fourth-order valence-corrected chi connectivity index (χ4v) is 2.91. The van der Waals surface area contributed by atoms with Crippen molar-refractivity contribution in [3.63, 3.8) is 0 Å².